The van der Waals surface area contributed by atoms with Crippen LogP contribution in [0.25, 0.3) is 6.08 Å². The van der Waals surface area contributed by atoms with Crippen molar-refractivity contribution in [2.24, 2.45) is 0 Å². The molecule has 0 amide bonds. The van der Waals surface area contributed by atoms with Crippen LogP contribution in [0.1, 0.15) is 5.56 Å². The number of nitrogens with zero attached hydrogens (tertiary/aromatic N) is 1. The molecule has 66 valence electrons. The molecule has 0 aliphatic rings. The fraction of sp³-hybridized carbons (Fsp3) is 0. The summed E-state index contributed by atoms with van der Waals surface area (Å²) in [6.07, 6.45) is 1.75. The van der Waals surface area contributed by atoms with Gasteiger partial charge in [0.15, 0.2) is 0 Å². The third-order valence-corrected chi connectivity index (χ3v) is 2.40. The van der Waals surface area contributed by atoms with Crippen LogP contribution < -0.4 is 0 Å². The summed E-state index contributed by atoms with van der Waals surface area (Å²) in [5, 5.41) is 11.8. The third-order valence-electron chi connectivity index (χ3n) is 1.33. The lowest BCUT2D eigenvalue weighted by molar-refractivity contribution is 0.627. The van der Waals surface area contributed by atoms with Gasteiger partial charge in [0.2, 0.25) is 0 Å². The van der Waals surface area contributed by atoms with Crippen LogP contribution in [0.15, 0.2) is 28.1 Å². The average Bonchev–Trinajstić information content (AvgIpc) is 2.09. The fourth-order valence-electron chi connectivity index (χ4n) is 0.774. The maximum Gasteiger partial charge on any atom is 0.137 e. The first-order valence-electron chi connectivity index (χ1n) is 3.40. The molecule has 0 unspecified atom stereocenters. The predicted molar refractivity (Wildman–Crippen MR) is 56.3 cm³/mol. The molecule has 0 saturated heterocycles. The van der Waals surface area contributed by atoms with Gasteiger partial charge in [0.05, 0.1) is 0 Å². The standard InChI is InChI=1S/C9H5BrFNS/c10-9-5-8(11)2-1-7(9)3-4-13-6-12/h1-5H/b4-3-. The molecule has 1 aromatic rings. The number of rotatable bonds is 2. The van der Waals surface area contributed by atoms with Crippen molar-refractivity contribution >= 4 is 33.8 Å². The number of hydrogen-bond acceptors (Lipinski definition) is 2. The molecule has 1 nitrogen and oxygen atoms in total. The Balaban J connectivity index is 2.85. The minimum Gasteiger partial charge on any atom is -0.207 e. The molecular formula is C9H5BrFNS. The van der Waals surface area contributed by atoms with Crippen molar-refractivity contribution in [1.82, 2.24) is 0 Å². The SMILES string of the molecule is N#CS/C=C\c1ccc(F)cc1Br. The quantitative estimate of drug-likeness (QED) is 0.754. The molecule has 0 atom stereocenters. The number of thioether (sulfide) groups is 1. The van der Waals surface area contributed by atoms with Gasteiger partial charge in [-0.15, -0.1) is 0 Å². The largest absolute Gasteiger partial charge is 0.207 e. The van der Waals surface area contributed by atoms with E-state index in [0.717, 1.165) is 17.3 Å². The van der Waals surface area contributed by atoms with Crippen LogP contribution in [0.2, 0.25) is 0 Å². The van der Waals surface area contributed by atoms with E-state index >= 15 is 0 Å². The molecule has 0 aliphatic heterocycles. The van der Waals surface area contributed by atoms with Crippen LogP contribution in [0.3, 0.4) is 0 Å². The molecule has 0 aliphatic carbocycles. The highest BCUT2D eigenvalue weighted by Crippen LogP contribution is 2.20. The summed E-state index contributed by atoms with van der Waals surface area (Å²) in [5.74, 6) is -0.281. The van der Waals surface area contributed by atoms with E-state index in [1.165, 1.54) is 12.1 Å². The Morgan fingerprint density at radius 2 is 2.31 bits per heavy atom. The summed E-state index contributed by atoms with van der Waals surface area (Å²) < 4.78 is 13.3. The van der Waals surface area contributed by atoms with E-state index in [9.17, 15) is 4.39 Å². The smallest absolute Gasteiger partial charge is 0.137 e. The van der Waals surface area contributed by atoms with Crippen molar-refractivity contribution < 1.29 is 4.39 Å². The van der Waals surface area contributed by atoms with Gasteiger partial charge in [-0.2, -0.15) is 5.26 Å². The van der Waals surface area contributed by atoms with Gasteiger partial charge in [-0.05, 0) is 40.9 Å². The summed E-state index contributed by atoms with van der Waals surface area (Å²) in [7, 11) is 0. The summed E-state index contributed by atoms with van der Waals surface area (Å²) in [6, 6.07) is 4.41. The molecule has 1 aromatic carbocycles. The normalized spacial score (nSPS) is 10.2. The van der Waals surface area contributed by atoms with Gasteiger partial charge < -0.3 is 0 Å². The number of hydrogen-bond donors (Lipinski definition) is 0. The molecule has 0 bridgehead atoms. The van der Waals surface area contributed by atoms with E-state index in [2.05, 4.69) is 15.9 Å². The maximum atomic E-state index is 12.6. The van der Waals surface area contributed by atoms with E-state index in [0.29, 0.717) is 4.47 Å². The Morgan fingerprint density at radius 3 is 2.92 bits per heavy atom. The molecule has 0 radical (unpaired) electrons. The van der Waals surface area contributed by atoms with Crippen molar-refractivity contribution in [2.45, 2.75) is 0 Å². The Morgan fingerprint density at radius 1 is 1.54 bits per heavy atom. The van der Waals surface area contributed by atoms with E-state index < -0.39 is 0 Å². The number of nitriles is 1. The Bertz CT molecular complexity index is 370. The predicted octanol–water partition coefficient (Wildman–Crippen LogP) is 3.77. The highest BCUT2D eigenvalue weighted by Gasteiger charge is 1.96. The first kappa shape index (κ1) is 10.3. The lowest BCUT2D eigenvalue weighted by Gasteiger charge is -1.96. The summed E-state index contributed by atoms with van der Waals surface area (Å²) in [4.78, 5) is 0. The van der Waals surface area contributed by atoms with Gasteiger partial charge in [-0.25, -0.2) is 4.39 Å². The molecule has 13 heavy (non-hydrogen) atoms. The number of thiocyanates is 1. The lowest BCUT2D eigenvalue weighted by Crippen LogP contribution is -1.77. The highest BCUT2D eigenvalue weighted by molar-refractivity contribution is 9.10. The molecule has 0 heterocycles. The molecule has 4 heteroatoms. The second-order valence-corrected chi connectivity index (χ2v) is 3.72. The van der Waals surface area contributed by atoms with Gasteiger partial charge >= 0.3 is 0 Å². The van der Waals surface area contributed by atoms with E-state index in [-0.39, 0.29) is 5.82 Å². The van der Waals surface area contributed by atoms with Gasteiger partial charge in [-0.1, -0.05) is 22.0 Å². The minimum absolute atomic E-state index is 0.281. The monoisotopic (exact) mass is 257 g/mol. The van der Waals surface area contributed by atoms with Crippen molar-refractivity contribution in [1.29, 1.82) is 5.26 Å². The summed E-state index contributed by atoms with van der Waals surface area (Å²) >= 11 is 4.24. The topological polar surface area (TPSA) is 23.8 Å². The van der Waals surface area contributed by atoms with Gasteiger partial charge in [0.1, 0.15) is 11.2 Å². The number of benzene rings is 1. The van der Waals surface area contributed by atoms with Gasteiger partial charge in [0, 0.05) is 4.47 Å². The van der Waals surface area contributed by atoms with Crippen molar-refractivity contribution in [3.63, 3.8) is 0 Å². The zero-order chi connectivity index (χ0) is 9.68. The molecule has 0 fully saturated rings. The van der Waals surface area contributed by atoms with Crippen LogP contribution in [0.5, 0.6) is 0 Å². The van der Waals surface area contributed by atoms with Crippen LogP contribution in [-0.2, 0) is 0 Å². The molecule has 0 spiro atoms. The summed E-state index contributed by atoms with van der Waals surface area (Å²) in [5.41, 5.74) is 0.851. The second kappa shape index (κ2) is 5.05. The van der Waals surface area contributed by atoms with E-state index in [1.54, 1.807) is 17.6 Å². The zero-order valence-corrected chi connectivity index (χ0v) is 8.90. The lowest BCUT2D eigenvalue weighted by atomic mass is 10.2. The summed E-state index contributed by atoms with van der Waals surface area (Å²) in [6.45, 7) is 0. The molecule has 1 rings (SSSR count). The molecule has 0 N–H and O–H groups in total. The molecule has 0 saturated carbocycles. The van der Waals surface area contributed by atoms with Crippen LogP contribution in [0, 0.1) is 16.5 Å². The van der Waals surface area contributed by atoms with Crippen LogP contribution >= 0.6 is 27.7 Å². The third kappa shape index (κ3) is 3.21. The first-order chi connectivity index (χ1) is 6.24. The molecular weight excluding hydrogens is 253 g/mol. The highest BCUT2D eigenvalue weighted by atomic mass is 79.9. The minimum atomic E-state index is -0.281. The Kier molecular flexibility index (Phi) is 4.00. The van der Waals surface area contributed by atoms with Gasteiger partial charge in [-0.3, -0.25) is 0 Å². The van der Waals surface area contributed by atoms with E-state index in [4.69, 9.17) is 5.26 Å². The first-order valence-corrected chi connectivity index (χ1v) is 5.07. The molecule has 0 aromatic heterocycles. The van der Waals surface area contributed by atoms with Gasteiger partial charge in [0.25, 0.3) is 0 Å². The van der Waals surface area contributed by atoms with Crippen molar-refractivity contribution in [3.05, 3.63) is 39.5 Å². The Labute approximate surface area is 88.4 Å². The van der Waals surface area contributed by atoms with Crippen LogP contribution in [-0.4, -0.2) is 0 Å². The van der Waals surface area contributed by atoms with Crippen molar-refractivity contribution in [3.8, 4) is 5.40 Å². The average molecular weight is 258 g/mol. The second-order valence-electron chi connectivity index (χ2n) is 2.18. The fourth-order valence-corrected chi connectivity index (χ4v) is 1.53. The van der Waals surface area contributed by atoms with E-state index in [1.807, 2.05) is 5.40 Å². The Hall–Kier alpha value is -0.790. The maximum absolute atomic E-state index is 12.6. The zero-order valence-electron chi connectivity index (χ0n) is 6.50. The number of halogens is 2. The van der Waals surface area contributed by atoms with Crippen LogP contribution in [0.4, 0.5) is 4.39 Å². The van der Waals surface area contributed by atoms with Crippen molar-refractivity contribution in [2.75, 3.05) is 0 Å².